The van der Waals surface area contributed by atoms with Crippen LogP contribution in [-0.2, 0) is 9.53 Å². The number of thioether (sulfide) groups is 2. The number of fused-ring (bicyclic) bond motifs is 2. The first kappa shape index (κ1) is 20.2. The van der Waals surface area contributed by atoms with Gasteiger partial charge in [0, 0.05) is 6.42 Å². The smallest absolute Gasteiger partial charge is 0.305 e. The number of methoxy groups -OCH3 is 1. The maximum Gasteiger partial charge on any atom is 0.305 e. The van der Waals surface area contributed by atoms with Crippen LogP contribution >= 0.6 is 23.5 Å². The molecule has 0 heterocycles. The zero-order valence-electron chi connectivity index (χ0n) is 15.5. The van der Waals surface area contributed by atoms with Crippen molar-refractivity contribution in [2.45, 2.75) is 63.4 Å². The number of carbonyl (C=O) groups is 1. The van der Waals surface area contributed by atoms with Crippen LogP contribution in [0.3, 0.4) is 0 Å². The van der Waals surface area contributed by atoms with Crippen LogP contribution < -0.4 is 0 Å². The lowest BCUT2D eigenvalue weighted by Crippen LogP contribution is -2.23. The minimum absolute atomic E-state index is 0.0859. The van der Waals surface area contributed by atoms with Crippen molar-refractivity contribution >= 4 is 29.5 Å². The molecule has 2 nitrogen and oxygen atoms in total. The van der Waals surface area contributed by atoms with Gasteiger partial charge in [-0.3, -0.25) is 4.79 Å². The Morgan fingerprint density at radius 3 is 2.58 bits per heavy atom. The molecule has 4 atom stereocenters. The first-order valence-corrected chi connectivity index (χ1v) is 11.8. The third-order valence-electron chi connectivity index (χ3n) is 5.67. The molecule has 2 bridgehead atoms. The van der Waals surface area contributed by atoms with Gasteiger partial charge < -0.3 is 4.74 Å². The Hall–Kier alpha value is -0.0900. The third-order valence-corrected chi connectivity index (χ3v) is 8.28. The maximum absolute atomic E-state index is 11.2. The molecule has 2 aliphatic carbocycles. The number of allylic oxidation sites excluding steroid dienone is 2. The summed E-state index contributed by atoms with van der Waals surface area (Å²) in [5.41, 5.74) is 0. The van der Waals surface area contributed by atoms with Crippen LogP contribution in [0.5, 0.6) is 0 Å². The molecule has 0 spiro atoms. The molecule has 0 aromatic heterocycles. The van der Waals surface area contributed by atoms with Gasteiger partial charge in [0.15, 0.2) is 0 Å². The van der Waals surface area contributed by atoms with Crippen LogP contribution in [0.4, 0.5) is 0 Å². The first-order chi connectivity index (χ1) is 11.7. The Labute approximate surface area is 156 Å². The molecular formula is C20H34O2S2. The fraction of sp³-hybridized carbons (Fsp3) is 0.850. The molecule has 0 amide bonds. The number of carbonyl (C=O) groups excluding carboxylic acids is 1. The molecule has 2 aliphatic rings. The van der Waals surface area contributed by atoms with Crippen molar-refractivity contribution < 1.29 is 9.53 Å². The average molecular weight is 371 g/mol. The van der Waals surface area contributed by atoms with Crippen LogP contribution in [0, 0.1) is 23.7 Å². The highest BCUT2D eigenvalue weighted by Crippen LogP contribution is 2.55. The standard InChI is InChI=1S/C20H34O2S2/c1-4-23-20(24-5-2)14-18-16-12-11-15(13-16)17(18)9-7-6-8-10-19(21)22-3/h7,9,15-18,20H,4-6,8,10-14H2,1-3H3/b9-7-/t15-,16+,17+,18+/m0/s1. The van der Waals surface area contributed by atoms with Gasteiger partial charge in [0.25, 0.3) is 0 Å². The van der Waals surface area contributed by atoms with Gasteiger partial charge >= 0.3 is 5.97 Å². The number of hydrogen-bond acceptors (Lipinski definition) is 4. The van der Waals surface area contributed by atoms with Gasteiger partial charge in [-0.25, -0.2) is 0 Å². The molecule has 0 N–H and O–H groups in total. The summed E-state index contributed by atoms with van der Waals surface area (Å²) in [6, 6.07) is 0. The van der Waals surface area contributed by atoms with E-state index in [4.69, 9.17) is 4.74 Å². The number of esters is 1. The zero-order chi connectivity index (χ0) is 17.4. The molecule has 0 aromatic carbocycles. The summed E-state index contributed by atoms with van der Waals surface area (Å²) in [5, 5.41) is 0. The lowest BCUT2D eigenvalue weighted by Gasteiger charge is -2.31. The van der Waals surface area contributed by atoms with E-state index >= 15 is 0 Å². The summed E-state index contributed by atoms with van der Waals surface area (Å²) in [6.45, 7) is 4.57. The van der Waals surface area contributed by atoms with E-state index in [0.29, 0.717) is 6.42 Å². The van der Waals surface area contributed by atoms with Crippen LogP contribution in [0.2, 0.25) is 0 Å². The predicted molar refractivity (Wildman–Crippen MR) is 107 cm³/mol. The minimum atomic E-state index is -0.0859. The highest BCUT2D eigenvalue weighted by atomic mass is 32.2. The van der Waals surface area contributed by atoms with Crippen molar-refractivity contribution in [3.05, 3.63) is 12.2 Å². The molecule has 0 radical (unpaired) electrons. The van der Waals surface area contributed by atoms with Crippen molar-refractivity contribution in [1.29, 1.82) is 0 Å². The van der Waals surface area contributed by atoms with E-state index in [2.05, 4.69) is 49.5 Å². The van der Waals surface area contributed by atoms with E-state index < -0.39 is 0 Å². The maximum atomic E-state index is 11.2. The average Bonchev–Trinajstić information content (AvgIpc) is 3.17. The van der Waals surface area contributed by atoms with Crippen LogP contribution in [0.15, 0.2) is 12.2 Å². The molecule has 0 aliphatic heterocycles. The van der Waals surface area contributed by atoms with Crippen LogP contribution in [-0.4, -0.2) is 29.2 Å². The van der Waals surface area contributed by atoms with Gasteiger partial charge in [-0.1, -0.05) is 26.0 Å². The van der Waals surface area contributed by atoms with Gasteiger partial charge in [0.2, 0.25) is 0 Å². The van der Waals surface area contributed by atoms with E-state index in [0.717, 1.165) is 41.1 Å². The van der Waals surface area contributed by atoms with E-state index in [1.807, 2.05) is 0 Å². The fourth-order valence-corrected chi connectivity index (χ4v) is 7.26. The Balaban J connectivity index is 1.85. The molecule has 2 saturated carbocycles. The SMILES string of the molecule is CCSC(C[C@@H]1[C@@H]2CC[C@@H](C2)[C@H]1/C=C\CCCC(=O)OC)SCC. The summed E-state index contributed by atoms with van der Waals surface area (Å²) in [6.07, 6.45) is 13.1. The summed E-state index contributed by atoms with van der Waals surface area (Å²) >= 11 is 4.28. The molecule has 0 unspecified atom stereocenters. The number of unbranched alkanes of at least 4 members (excludes halogenated alkanes) is 1. The Bertz CT molecular complexity index is 404. The third kappa shape index (κ3) is 5.72. The summed E-state index contributed by atoms with van der Waals surface area (Å²) < 4.78 is 5.49. The highest BCUT2D eigenvalue weighted by Gasteiger charge is 2.46. The van der Waals surface area contributed by atoms with Crippen molar-refractivity contribution in [2.24, 2.45) is 23.7 Å². The van der Waals surface area contributed by atoms with E-state index in [1.165, 1.54) is 44.3 Å². The topological polar surface area (TPSA) is 26.3 Å². The number of rotatable bonds is 11. The molecular weight excluding hydrogens is 336 g/mol. The van der Waals surface area contributed by atoms with Gasteiger partial charge in [-0.15, -0.1) is 23.5 Å². The number of ether oxygens (including phenoxy) is 1. The van der Waals surface area contributed by atoms with E-state index in [9.17, 15) is 4.79 Å². The largest absolute Gasteiger partial charge is 0.469 e. The normalized spacial score (nSPS) is 29.0. The first-order valence-electron chi connectivity index (χ1n) is 9.66. The summed E-state index contributed by atoms with van der Waals surface area (Å²) in [7, 11) is 1.47. The van der Waals surface area contributed by atoms with Crippen molar-refractivity contribution in [3.8, 4) is 0 Å². The van der Waals surface area contributed by atoms with E-state index in [-0.39, 0.29) is 5.97 Å². The van der Waals surface area contributed by atoms with Crippen LogP contribution in [0.25, 0.3) is 0 Å². The quantitative estimate of drug-likeness (QED) is 0.200. The second kappa shape index (κ2) is 10.8. The van der Waals surface area contributed by atoms with Gasteiger partial charge in [-0.2, -0.15) is 0 Å². The van der Waals surface area contributed by atoms with E-state index in [1.54, 1.807) is 0 Å². The molecule has 138 valence electrons. The summed E-state index contributed by atoms with van der Waals surface area (Å²) in [5.74, 6) is 5.95. The fourth-order valence-electron chi connectivity index (χ4n) is 4.60. The summed E-state index contributed by atoms with van der Waals surface area (Å²) in [4.78, 5) is 11.2. The zero-order valence-corrected chi connectivity index (χ0v) is 17.2. The minimum Gasteiger partial charge on any atom is -0.469 e. The Morgan fingerprint density at radius 1 is 1.21 bits per heavy atom. The second-order valence-corrected chi connectivity index (χ2v) is 10.3. The second-order valence-electron chi connectivity index (χ2n) is 7.05. The van der Waals surface area contributed by atoms with Crippen molar-refractivity contribution in [2.75, 3.05) is 18.6 Å². The van der Waals surface area contributed by atoms with Gasteiger partial charge in [0.1, 0.15) is 0 Å². The molecule has 4 heteroatoms. The number of hydrogen-bond donors (Lipinski definition) is 0. The highest BCUT2D eigenvalue weighted by molar-refractivity contribution is 8.16. The van der Waals surface area contributed by atoms with Gasteiger partial charge in [0.05, 0.1) is 11.7 Å². The van der Waals surface area contributed by atoms with Crippen LogP contribution in [0.1, 0.15) is 58.8 Å². The monoisotopic (exact) mass is 370 g/mol. The lowest BCUT2D eigenvalue weighted by molar-refractivity contribution is -0.140. The molecule has 2 rings (SSSR count). The Morgan fingerprint density at radius 2 is 1.92 bits per heavy atom. The molecule has 24 heavy (non-hydrogen) atoms. The molecule has 2 fully saturated rings. The molecule has 0 saturated heterocycles. The predicted octanol–water partition coefficient (Wildman–Crippen LogP) is 5.77. The van der Waals surface area contributed by atoms with Gasteiger partial charge in [-0.05, 0) is 73.7 Å². The van der Waals surface area contributed by atoms with Crippen molar-refractivity contribution in [3.63, 3.8) is 0 Å². The van der Waals surface area contributed by atoms with Crippen molar-refractivity contribution in [1.82, 2.24) is 0 Å². The molecule has 0 aromatic rings. The Kier molecular flexibility index (Phi) is 9.10. The lowest BCUT2D eigenvalue weighted by atomic mass is 9.77.